The highest BCUT2D eigenvalue weighted by Crippen LogP contribution is 2.20. The molecular weight excluding hydrogens is 304 g/mol. The Hall–Kier alpha value is -0.430. The van der Waals surface area contributed by atoms with Gasteiger partial charge in [0.05, 0.1) is 5.75 Å². The largest absolute Gasteiger partial charge is 0.298 e. The summed E-state index contributed by atoms with van der Waals surface area (Å²) >= 11 is 1.80. The lowest BCUT2D eigenvalue weighted by molar-refractivity contribution is 0.180. The normalized spacial score (nSPS) is 18.4. The van der Waals surface area contributed by atoms with E-state index in [1.54, 1.807) is 11.3 Å². The van der Waals surface area contributed by atoms with Crippen molar-refractivity contribution in [3.05, 3.63) is 22.4 Å². The summed E-state index contributed by atoms with van der Waals surface area (Å²) < 4.78 is 26.5. The minimum absolute atomic E-state index is 0.176. The van der Waals surface area contributed by atoms with E-state index >= 15 is 0 Å². The van der Waals surface area contributed by atoms with Crippen LogP contribution in [0, 0.1) is 11.8 Å². The Balaban J connectivity index is 1.69. The summed E-state index contributed by atoms with van der Waals surface area (Å²) in [7, 11) is -3.10. The van der Waals surface area contributed by atoms with Crippen LogP contribution in [0.2, 0.25) is 0 Å². The highest BCUT2D eigenvalue weighted by molar-refractivity contribution is 7.89. The molecule has 0 aromatic carbocycles. The first-order chi connectivity index (χ1) is 9.94. The van der Waals surface area contributed by atoms with Crippen LogP contribution in [0.5, 0.6) is 0 Å². The number of likely N-dealkylation sites (tertiary alicyclic amines) is 1. The molecule has 1 aliphatic heterocycles. The van der Waals surface area contributed by atoms with Gasteiger partial charge in [-0.2, -0.15) is 0 Å². The smallest absolute Gasteiger partial charge is 0.211 e. The molecule has 21 heavy (non-hydrogen) atoms. The molecule has 0 saturated carbocycles. The monoisotopic (exact) mass is 330 g/mol. The Morgan fingerprint density at radius 3 is 2.67 bits per heavy atom. The molecule has 1 aromatic rings. The van der Waals surface area contributed by atoms with Gasteiger partial charge in [-0.15, -0.1) is 11.3 Å². The third-order valence-electron chi connectivity index (χ3n) is 3.81. The Bertz CT molecular complexity index is 504. The summed E-state index contributed by atoms with van der Waals surface area (Å²) in [5, 5.41) is 2.12. The second kappa shape index (κ2) is 7.72. The zero-order chi connectivity index (χ0) is 15.3. The number of piperidine rings is 1. The fourth-order valence-corrected chi connectivity index (χ4v) is 4.95. The third kappa shape index (κ3) is 6.06. The molecule has 1 saturated heterocycles. The van der Waals surface area contributed by atoms with Crippen molar-refractivity contribution in [3.8, 4) is 0 Å². The molecule has 1 aromatic heterocycles. The minimum Gasteiger partial charge on any atom is -0.298 e. The Morgan fingerprint density at radius 1 is 1.38 bits per heavy atom. The number of nitrogens with one attached hydrogen (secondary N) is 1. The van der Waals surface area contributed by atoms with Gasteiger partial charge in [0.2, 0.25) is 10.0 Å². The number of hydrogen-bond donors (Lipinski definition) is 1. The van der Waals surface area contributed by atoms with E-state index in [1.165, 1.54) is 4.88 Å². The first kappa shape index (κ1) is 16.9. The Kier molecular flexibility index (Phi) is 6.22. The van der Waals surface area contributed by atoms with E-state index in [0.717, 1.165) is 32.5 Å². The van der Waals surface area contributed by atoms with E-state index in [1.807, 2.05) is 13.8 Å². The maximum Gasteiger partial charge on any atom is 0.211 e. The first-order valence-electron chi connectivity index (χ1n) is 7.66. The van der Waals surface area contributed by atoms with Crippen molar-refractivity contribution in [2.24, 2.45) is 11.8 Å². The highest BCUT2D eigenvalue weighted by Gasteiger charge is 2.21. The predicted octanol–water partition coefficient (Wildman–Crippen LogP) is 2.54. The topological polar surface area (TPSA) is 49.4 Å². The Morgan fingerprint density at radius 2 is 2.10 bits per heavy atom. The fourth-order valence-electron chi connectivity index (χ4n) is 2.71. The van der Waals surface area contributed by atoms with E-state index < -0.39 is 10.0 Å². The lowest BCUT2D eigenvalue weighted by Gasteiger charge is -2.31. The van der Waals surface area contributed by atoms with Crippen LogP contribution in [0.15, 0.2) is 17.5 Å². The van der Waals surface area contributed by atoms with E-state index in [4.69, 9.17) is 0 Å². The molecule has 0 aliphatic carbocycles. The van der Waals surface area contributed by atoms with Crippen LogP contribution in [0.3, 0.4) is 0 Å². The molecule has 1 aliphatic rings. The standard InChI is InChI=1S/C15H26N2O2S2/c1-13(2)12-21(18,19)16-10-14-5-7-17(8-6-14)11-15-4-3-9-20-15/h3-4,9,13-14,16H,5-8,10-12H2,1-2H3. The molecule has 1 fully saturated rings. The van der Waals surface area contributed by atoms with Crippen LogP contribution >= 0.6 is 11.3 Å². The van der Waals surface area contributed by atoms with Gasteiger partial charge in [-0.25, -0.2) is 13.1 Å². The maximum absolute atomic E-state index is 11.8. The average Bonchev–Trinajstić information content (AvgIpc) is 2.89. The molecule has 120 valence electrons. The summed E-state index contributed by atoms with van der Waals surface area (Å²) in [5.41, 5.74) is 0. The Labute approximate surface area is 132 Å². The van der Waals surface area contributed by atoms with Gasteiger partial charge in [-0.05, 0) is 49.2 Å². The maximum atomic E-state index is 11.8. The zero-order valence-electron chi connectivity index (χ0n) is 12.9. The molecule has 0 bridgehead atoms. The molecule has 0 atom stereocenters. The molecule has 1 N–H and O–H groups in total. The molecule has 0 spiro atoms. The van der Waals surface area contributed by atoms with E-state index in [2.05, 4.69) is 27.1 Å². The lowest BCUT2D eigenvalue weighted by Crippen LogP contribution is -2.39. The molecule has 4 nitrogen and oxygen atoms in total. The summed E-state index contributed by atoms with van der Waals surface area (Å²) in [6.07, 6.45) is 2.16. The van der Waals surface area contributed by atoms with E-state index in [0.29, 0.717) is 12.5 Å². The van der Waals surface area contributed by atoms with Gasteiger partial charge in [0.15, 0.2) is 0 Å². The van der Waals surface area contributed by atoms with Crippen LogP contribution in [-0.4, -0.2) is 38.7 Å². The SMILES string of the molecule is CC(C)CS(=O)(=O)NCC1CCN(Cc2cccs2)CC1. The van der Waals surface area contributed by atoms with Gasteiger partial charge in [-0.1, -0.05) is 19.9 Å². The van der Waals surface area contributed by atoms with E-state index in [-0.39, 0.29) is 11.7 Å². The van der Waals surface area contributed by atoms with Gasteiger partial charge in [0, 0.05) is 18.0 Å². The van der Waals surface area contributed by atoms with Crippen molar-refractivity contribution in [1.29, 1.82) is 0 Å². The van der Waals surface area contributed by atoms with Crippen molar-refractivity contribution in [2.45, 2.75) is 33.2 Å². The summed E-state index contributed by atoms with van der Waals surface area (Å²) in [5.74, 6) is 0.881. The highest BCUT2D eigenvalue weighted by atomic mass is 32.2. The molecule has 6 heteroatoms. The molecule has 2 rings (SSSR count). The lowest BCUT2D eigenvalue weighted by atomic mass is 9.97. The minimum atomic E-state index is -3.10. The summed E-state index contributed by atoms with van der Waals surface area (Å²) in [6, 6.07) is 4.27. The van der Waals surface area contributed by atoms with Gasteiger partial charge in [0.25, 0.3) is 0 Å². The van der Waals surface area contributed by atoms with Crippen molar-refractivity contribution in [3.63, 3.8) is 0 Å². The number of sulfonamides is 1. The van der Waals surface area contributed by atoms with Gasteiger partial charge in [0.1, 0.15) is 0 Å². The van der Waals surface area contributed by atoms with Crippen LogP contribution < -0.4 is 4.72 Å². The fraction of sp³-hybridized carbons (Fsp3) is 0.733. The molecule has 0 radical (unpaired) electrons. The van der Waals surface area contributed by atoms with Gasteiger partial charge < -0.3 is 0 Å². The van der Waals surface area contributed by atoms with E-state index in [9.17, 15) is 8.42 Å². The molecular formula is C15H26N2O2S2. The second-order valence-corrected chi connectivity index (χ2v) is 9.21. The molecule has 0 unspecified atom stereocenters. The predicted molar refractivity (Wildman–Crippen MR) is 88.9 cm³/mol. The van der Waals surface area contributed by atoms with Crippen LogP contribution in [-0.2, 0) is 16.6 Å². The third-order valence-corrected chi connectivity index (χ3v) is 6.38. The number of nitrogens with zero attached hydrogens (tertiary/aromatic N) is 1. The quantitative estimate of drug-likeness (QED) is 0.836. The van der Waals surface area contributed by atoms with Crippen LogP contribution in [0.1, 0.15) is 31.6 Å². The first-order valence-corrected chi connectivity index (χ1v) is 10.2. The number of rotatable bonds is 7. The van der Waals surface area contributed by atoms with Gasteiger partial charge >= 0.3 is 0 Å². The number of thiophene rings is 1. The van der Waals surface area contributed by atoms with Crippen molar-refractivity contribution in [2.75, 3.05) is 25.4 Å². The van der Waals surface area contributed by atoms with Gasteiger partial charge in [-0.3, -0.25) is 4.90 Å². The molecule has 2 heterocycles. The van der Waals surface area contributed by atoms with Crippen LogP contribution in [0.4, 0.5) is 0 Å². The van der Waals surface area contributed by atoms with Crippen LogP contribution in [0.25, 0.3) is 0 Å². The average molecular weight is 331 g/mol. The second-order valence-electron chi connectivity index (χ2n) is 6.32. The van der Waals surface area contributed by atoms with Crippen molar-refractivity contribution >= 4 is 21.4 Å². The summed E-state index contributed by atoms with van der Waals surface area (Å²) in [4.78, 5) is 3.87. The molecule has 0 amide bonds. The zero-order valence-corrected chi connectivity index (χ0v) is 14.5. The van der Waals surface area contributed by atoms with Crippen molar-refractivity contribution in [1.82, 2.24) is 9.62 Å². The van der Waals surface area contributed by atoms with Crippen molar-refractivity contribution < 1.29 is 8.42 Å². The number of hydrogen-bond acceptors (Lipinski definition) is 4. The summed E-state index contributed by atoms with van der Waals surface area (Å²) in [6.45, 7) is 7.62.